The third kappa shape index (κ3) is 3.88. The third-order valence-corrected chi connectivity index (χ3v) is 5.50. The Morgan fingerprint density at radius 1 is 1.04 bits per heavy atom. The van der Waals surface area contributed by atoms with Crippen LogP contribution < -0.4 is 0 Å². The maximum Gasteiger partial charge on any atom is 0.321 e. The number of amides is 2. The van der Waals surface area contributed by atoms with Gasteiger partial charge in [0.15, 0.2) is 0 Å². The Morgan fingerprint density at radius 2 is 1.70 bits per heavy atom. The number of hydrogen-bond acceptors (Lipinski definition) is 2. The zero-order chi connectivity index (χ0) is 16.1. The van der Waals surface area contributed by atoms with Gasteiger partial charge in [-0.05, 0) is 23.3 Å². The first-order valence-electron chi connectivity index (χ1n) is 7.98. The number of nitrogens with zero attached hydrogens (tertiary/aromatic N) is 2. The number of thioether (sulfide) groups is 1. The summed E-state index contributed by atoms with van der Waals surface area (Å²) in [5.41, 5.74) is 2.37. The molecule has 1 heterocycles. The molecule has 4 heteroatoms. The molecule has 23 heavy (non-hydrogen) atoms. The number of carbonyl (C=O) groups excluding carboxylic acids is 1. The van der Waals surface area contributed by atoms with Crippen molar-refractivity contribution in [3.05, 3.63) is 71.8 Å². The molecule has 1 saturated heterocycles. The minimum Gasteiger partial charge on any atom is -0.320 e. The van der Waals surface area contributed by atoms with Crippen LogP contribution in [0.25, 0.3) is 0 Å². The summed E-state index contributed by atoms with van der Waals surface area (Å²) in [5.74, 6) is 1.06. The van der Waals surface area contributed by atoms with Gasteiger partial charge in [-0.25, -0.2) is 4.79 Å². The van der Waals surface area contributed by atoms with Crippen LogP contribution in [-0.2, 0) is 6.54 Å². The Hall–Kier alpha value is -1.94. The maximum atomic E-state index is 12.9. The van der Waals surface area contributed by atoms with Crippen molar-refractivity contribution in [2.75, 3.05) is 19.3 Å². The van der Waals surface area contributed by atoms with Gasteiger partial charge in [-0.2, -0.15) is 0 Å². The molecule has 3 rings (SSSR count). The Labute approximate surface area is 142 Å². The quantitative estimate of drug-likeness (QED) is 0.836. The van der Waals surface area contributed by atoms with Gasteiger partial charge in [0.25, 0.3) is 0 Å². The van der Waals surface area contributed by atoms with Gasteiger partial charge in [-0.1, -0.05) is 60.7 Å². The second kappa shape index (κ2) is 7.55. The topological polar surface area (TPSA) is 23.6 Å². The summed E-state index contributed by atoms with van der Waals surface area (Å²) < 4.78 is 0. The molecule has 2 amide bonds. The molecule has 0 bridgehead atoms. The molecule has 2 aromatic carbocycles. The standard InChI is InChI=1S/C19H22N2OS/c1-20-18(17-11-6-3-7-12-17)23-14-8-13-21(19(20)22)15-16-9-4-2-5-10-16/h2-7,9-12,18H,8,13-15H2,1H3. The lowest BCUT2D eigenvalue weighted by Crippen LogP contribution is -2.43. The average Bonchev–Trinajstić information content (AvgIpc) is 2.60. The van der Waals surface area contributed by atoms with Crippen molar-refractivity contribution in [3.63, 3.8) is 0 Å². The van der Waals surface area contributed by atoms with Crippen molar-refractivity contribution >= 4 is 17.8 Å². The number of urea groups is 1. The molecular weight excluding hydrogens is 304 g/mol. The molecule has 1 unspecified atom stereocenters. The molecule has 0 saturated carbocycles. The van der Waals surface area contributed by atoms with Crippen LogP contribution in [-0.4, -0.2) is 35.2 Å². The summed E-state index contributed by atoms with van der Waals surface area (Å²) in [6.45, 7) is 1.49. The largest absolute Gasteiger partial charge is 0.321 e. The number of hydrogen-bond donors (Lipinski definition) is 0. The van der Waals surface area contributed by atoms with Gasteiger partial charge in [0, 0.05) is 20.1 Å². The summed E-state index contributed by atoms with van der Waals surface area (Å²) in [4.78, 5) is 16.8. The van der Waals surface area contributed by atoms with E-state index in [0.717, 1.165) is 18.7 Å². The molecule has 2 aromatic rings. The number of rotatable bonds is 3. The molecule has 1 aliphatic rings. The van der Waals surface area contributed by atoms with Crippen molar-refractivity contribution in [3.8, 4) is 0 Å². The summed E-state index contributed by atoms with van der Waals surface area (Å²) in [6, 6.07) is 20.6. The zero-order valence-electron chi connectivity index (χ0n) is 13.4. The van der Waals surface area contributed by atoms with E-state index in [0.29, 0.717) is 6.54 Å². The number of carbonyl (C=O) groups is 1. The smallest absolute Gasteiger partial charge is 0.320 e. The lowest BCUT2D eigenvalue weighted by atomic mass is 10.2. The van der Waals surface area contributed by atoms with Crippen LogP contribution in [0.3, 0.4) is 0 Å². The lowest BCUT2D eigenvalue weighted by molar-refractivity contribution is 0.155. The predicted octanol–water partition coefficient (Wildman–Crippen LogP) is 4.38. The van der Waals surface area contributed by atoms with Gasteiger partial charge in [0.2, 0.25) is 0 Å². The Morgan fingerprint density at radius 3 is 2.39 bits per heavy atom. The summed E-state index contributed by atoms with van der Waals surface area (Å²) in [6.07, 6.45) is 1.03. The maximum absolute atomic E-state index is 12.9. The Balaban J connectivity index is 1.78. The summed E-state index contributed by atoms with van der Waals surface area (Å²) >= 11 is 1.85. The zero-order valence-corrected chi connectivity index (χ0v) is 14.2. The van der Waals surface area contributed by atoms with Crippen LogP contribution in [0.1, 0.15) is 22.9 Å². The Bertz CT molecular complexity index is 628. The Kier molecular flexibility index (Phi) is 5.23. The normalized spacial score (nSPS) is 19.3. The van der Waals surface area contributed by atoms with Crippen LogP contribution in [0.2, 0.25) is 0 Å². The van der Waals surface area contributed by atoms with E-state index in [1.165, 1.54) is 11.1 Å². The van der Waals surface area contributed by atoms with E-state index in [2.05, 4.69) is 24.3 Å². The second-order valence-electron chi connectivity index (χ2n) is 5.79. The minimum absolute atomic E-state index is 0.0854. The molecule has 0 aromatic heterocycles. The molecule has 1 atom stereocenters. The first-order valence-corrected chi connectivity index (χ1v) is 9.03. The molecule has 1 fully saturated rings. The lowest BCUT2D eigenvalue weighted by Gasteiger charge is -2.36. The van der Waals surface area contributed by atoms with Gasteiger partial charge in [0.05, 0.1) is 0 Å². The van der Waals surface area contributed by atoms with E-state index in [9.17, 15) is 4.79 Å². The van der Waals surface area contributed by atoms with E-state index in [4.69, 9.17) is 0 Å². The SMILES string of the molecule is CN1C(=O)N(Cc2ccccc2)CCCSC1c1ccccc1. The molecule has 120 valence electrons. The van der Waals surface area contributed by atoms with Crippen LogP contribution in [0.5, 0.6) is 0 Å². The van der Waals surface area contributed by atoms with E-state index < -0.39 is 0 Å². The van der Waals surface area contributed by atoms with E-state index in [-0.39, 0.29) is 11.4 Å². The van der Waals surface area contributed by atoms with Crippen molar-refractivity contribution in [2.24, 2.45) is 0 Å². The van der Waals surface area contributed by atoms with Gasteiger partial charge in [0.1, 0.15) is 5.37 Å². The fourth-order valence-electron chi connectivity index (χ4n) is 2.87. The molecular formula is C19H22N2OS. The van der Waals surface area contributed by atoms with Gasteiger partial charge >= 0.3 is 6.03 Å². The van der Waals surface area contributed by atoms with Crippen molar-refractivity contribution < 1.29 is 4.79 Å². The highest BCUT2D eigenvalue weighted by molar-refractivity contribution is 7.99. The van der Waals surface area contributed by atoms with Crippen LogP contribution in [0, 0.1) is 0 Å². The fraction of sp³-hybridized carbons (Fsp3) is 0.316. The van der Waals surface area contributed by atoms with Gasteiger partial charge in [-0.15, -0.1) is 11.8 Å². The highest BCUT2D eigenvalue weighted by atomic mass is 32.2. The van der Waals surface area contributed by atoms with Gasteiger partial charge in [-0.3, -0.25) is 0 Å². The van der Waals surface area contributed by atoms with Crippen molar-refractivity contribution in [1.29, 1.82) is 0 Å². The summed E-state index contributed by atoms with van der Waals surface area (Å²) in [7, 11) is 1.91. The highest BCUT2D eigenvalue weighted by Gasteiger charge is 2.28. The van der Waals surface area contributed by atoms with Crippen LogP contribution in [0.15, 0.2) is 60.7 Å². The molecule has 3 nitrogen and oxygen atoms in total. The fourth-order valence-corrected chi connectivity index (χ4v) is 4.05. The molecule has 0 spiro atoms. The second-order valence-corrected chi connectivity index (χ2v) is 6.98. The third-order valence-electron chi connectivity index (χ3n) is 4.07. The molecule has 0 aliphatic carbocycles. The molecule has 0 N–H and O–H groups in total. The van der Waals surface area contributed by atoms with E-state index in [1.54, 1.807) is 0 Å². The van der Waals surface area contributed by atoms with Crippen LogP contribution in [0.4, 0.5) is 4.79 Å². The van der Waals surface area contributed by atoms with Crippen LogP contribution >= 0.6 is 11.8 Å². The average molecular weight is 326 g/mol. The highest BCUT2D eigenvalue weighted by Crippen LogP contribution is 2.34. The van der Waals surface area contributed by atoms with E-state index in [1.807, 2.05) is 65.0 Å². The molecule has 1 aliphatic heterocycles. The van der Waals surface area contributed by atoms with Crippen molar-refractivity contribution in [1.82, 2.24) is 9.80 Å². The monoisotopic (exact) mass is 326 g/mol. The van der Waals surface area contributed by atoms with Crippen molar-refractivity contribution in [2.45, 2.75) is 18.3 Å². The summed E-state index contributed by atoms with van der Waals surface area (Å²) in [5, 5.41) is 0.0854. The molecule has 0 radical (unpaired) electrons. The first-order chi connectivity index (χ1) is 11.3. The predicted molar refractivity (Wildman–Crippen MR) is 96.3 cm³/mol. The van der Waals surface area contributed by atoms with E-state index >= 15 is 0 Å². The number of benzene rings is 2. The van der Waals surface area contributed by atoms with Gasteiger partial charge < -0.3 is 9.80 Å². The first kappa shape index (κ1) is 15.9. The minimum atomic E-state index is 0.0854.